The van der Waals surface area contributed by atoms with Crippen LogP contribution in [0.5, 0.6) is 0 Å². The predicted octanol–water partition coefficient (Wildman–Crippen LogP) is -0.685. The highest BCUT2D eigenvalue weighted by molar-refractivity contribution is 5.97. The normalized spacial score (nSPS) is 17.8. The second-order valence-corrected chi connectivity index (χ2v) is 3.80. The van der Waals surface area contributed by atoms with Gasteiger partial charge < -0.3 is 20.1 Å². The Morgan fingerprint density at radius 3 is 2.61 bits per heavy atom. The molecule has 2 N–H and O–H groups in total. The van der Waals surface area contributed by atoms with E-state index in [1.165, 1.54) is 11.8 Å². The SMILES string of the molecule is CC(N/C=C(/C#N)C(=O)N1CCOCC1)C(=O)O. The van der Waals surface area contributed by atoms with E-state index in [1.54, 1.807) is 6.07 Å². The number of carboxylic acids is 1. The van der Waals surface area contributed by atoms with E-state index in [2.05, 4.69) is 5.32 Å². The zero-order valence-corrected chi connectivity index (χ0v) is 10.0. The standard InChI is InChI=1S/C11H15N3O4/c1-8(11(16)17)13-7-9(6-12)10(15)14-2-4-18-5-3-14/h7-8,13H,2-5H2,1H3,(H,16,17)/b9-7-. The summed E-state index contributed by atoms with van der Waals surface area (Å²) >= 11 is 0. The van der Waals surface area contributed by atoms with Crippen molar-refractivity contribution >= 4 is 11.9 Å². The fraction of sp³-hybridized carbons (Fsp3) is 0.545. The van der Waals surface area contributed by atoms with Gasteiger partial charge in [-0.05, 0) is 6.92 Å². The van der Waals surface area contributed by atoms with Crippen LogP contribution in [0.25, 0.3) is 0 Å². The minimum absolute atomic E-state index is 0.106. The van der Waals surface area contributed by atoms with Gasteiger partial charge in [-0.2, -0.15) is 5.26 Å². The highest BCUT2D eigenvalue weighted by Crippen LogP contribution is 2.04. The zero-order valence-electron chi connectivity index (χ0n) is 10.0. The maximum Gasteiger partial charge on any atom is 0.325 e. The summed E-state index contributed by atoms with van der Waals surface area (Å²) in [6.45, 7) is 3.19. The molecule has 18 heavy (non-hydrogen) atoms. The van der Waals surface area contributed by atoms with Crippen LogP contribution in [0.4, 0.5) is 0 Å². The van der Waals surface area contributed by atoms with Crippen molar-refractivity contribution in [2.75, 3.05) is 26.3 Å². The van der Waals surface area contributed by atoms with Crippen LogP contribution in [0.3, 0.4) is 0 Å². The van der Waals surface area contributed by atoms with E-state index in [0.717, 1.165) is 6.20 Å². The van der Waals surface area contributed by atoms with Crippen molar-refractivity contribution in [2.45, 2.75) is 13.0 Å². The fourth-order valence-corrected chi connectivity index (χ4v) is 1.36. The molecule has 1 heterocycles. The lowest BCUT2D eigenvalue weighted by Gasteiger charge is -2.26. The zero-order chi connectivity index (χ0) is 13.5. The van der Waals surface area contributed by atoms with Gasteiger partial charge in [-0.15, -0.1) is 0 Å². The van der Waals surface area contributed by atoms with Gasteiger partial charge in [0.1, 0.15) is 17.7 Å². The van der Waals surface area contributed by atoms with Crippen LogP contribution in [-0.4, -0.2) is 54.2 Å². The van der Waals surface area contributed by atoms with E-state index >= 15 is 0 Å². The molecular weight excluding hydrogens is 238 g/mol. The number of carboxylic acid groups (broad SMARTS) is 1. The van der Waals surface area contributed by atoms with Crippen LogP contribution in [0.15, 0.2) is 11.8 Å². The van der Waals surface area contributed by atoms with Crippen molar-refractivity contribution in [1.82, 2.24) is 10.2 Å². The topological polar surface area (TPSA) is 103 Å². The van der Waals surface area contributed by atoms with Gasteiger partial charge in [0, 0.05) is 19.3 Å². The summed E-state index contributed by atoms with van der Waals surface area (Å²) in [7, 11) is 0. The lowest BCUT2D eigenvalue weighted by molar-refractivity contribution is -0.138. The Morgan fingerprint density at radius 1 is 1.50 bits per heavy atom. The van der Waals surface area contributed by atoms with Gasteiger partial charge >= 0.3 is 5.97 Å². The Kier molecular flexibility index (Phi) is 5.14. The molecule has 1 atom stereocenters. The first-order chi connectivity index (χ1) is 8.56. The molecule has 1 aliphatic heterocycles. The molecule has 7 nitrogen and oxygen atoms in total. The largest absolute Gasteiger partial charge is 0.480 e. The number of rotatable bonds is 4. The number of carbonyl (C=O) groups is 2. The van der Waals surface area contributed by atoms with Gasteiger partial charge in [0.15, 0.2) is 0 Å². The van der Waals surface area contributed by atoms with Crippen molar-refractivity contribution in [3.8, 4) is 6.07 Å². The Balaban J connectivity index is 2.64. The molecular formula is C11H15N3O4. The van der Waals surface area contributed by atoms with Crippen LogP contribution in [0, 0.1) is 11.3 Å². The number of hydrogen-bond donors (Lipinski definition) is 2. The Bertz CT molecular complexity index is 394. The molecule has 1 aliphatic rings. The number of morpholine rings is 1. The summed E-state index contributed by atoms with van der Waals surface area (Å²) in [6, 6.07) is 0.911. The van der Waals surface area contributed by atoms with E-state index < -0.39 is 17.9 Å². The van der Waals surface area contributed by atoms with E-state index in [4.69, 9.17) is 15.1 Å². The van der Waals surface area contributed by atoms with E-state index in [-0.39, 0.29) is 5.57 Å². The average molecular weight is 253 g/mol. The molecule has 0 aromatic carbocycles. The number of amides is 1. The van der Waals surface area contributed by atoms with Crippen LogP contribution < -0.4 is 5.32 Å². The van der Waals surface area contributed by atoms with Crippen LogP contribution in [0.1, 0.15) is 6.92 Å². The highest BCUT2D eigenvalue weighted by atomic mass is 16.5. The molecule has 1 rings (SSSR count). The summed E-state index contributed by atoms with van der Waals surface area (Å²) in [5, 5.41) is 20.1. The fourth-order valence-electron chi connectivity index (χ4n) is 1.36. The van der Waals surface area contributed by atoms with Gasteiger partial charge in [-0.3, -0.25) is 9.59 Å². The highest BCUT2D eigenvalue weighted by Gasteiger charge is 2.21. The number of nitrogens with zero attached hydrogens (tertiary/aromatic N) is 2. The number of aliphatic carboxylic acids is 1. The molecule has 0 aromatic heterocycles. The molecule has 1 unspecified atom stereocenters. The predicted molar refractivity (Wildman–Crippen MR) is 61.3 cm³/mol. The average Bonchev–Trinajstić information content (AvgIpc) is 2.39. The molecule has 1 fully saturated rings. The molecule has 1 amide bonds. The summed E-state index contributed by atoms with van der Waals surface area (Å²) in [5.41, 5.74) is -0.106. The molecule has 0 aromatic rings. The van der Waals surface area contributed by atoms with Crippen molar-refractivity contribution in [3.63, 3.8) is 0 Å². The van der Waals surface area contributed by atoms with Gasteiger partial charge in [0.2, 0.25) is 0 Å². The Labute approximate surface area is 105 Å². The first-order valence-electron chi connectivity index (χ1n) is 5.52. The Hall–Kier alpha value is -2.07. The number of hydrogen-bond acceptors (Lipinski definition) is 5. The van der Waals surface area contributed by atoms with E-state index in [1.807, 2.05) is 0 Å². The van der Waals surface area contributed by atoms with Crippen molar-refractivity contribution in [2.24, 2.45) is 0 Å². The van der Waals surface area contributed by atoms with E-state index in [9.17, 15) is 9.59 Å². The lowest BCUT2D eigenvalue weighted by Crippen LogP contribution is -2.41. The van der Waals surface area contributed by atoms with Gasteiger partial charge in [0.05, 0.1) is 13.2 Å². The lowest BCUT2D eigenvalue weighted by atomic mass is 10.2. The Morgan fingerprint density at radius 2 is 2.11 bits per heavy atom. The molecule has 98 valence electrons. The van der Waals surface area contributed by atoms with Crippen molar-refractivity contribution in [1.29, 1.82) is 5.26 Å². The number of ether oxygens (including phenoxy) is 1. The number of nitrogens with one attached hydrogen (secondary N) is 1. The third-order valence-electron chi connectivity index (χ3n) is 2.50. The van der Waals surface area contributed by atoms with Crippen molar-refractivity contribution < 1.29 is 19.4 Å². The maximum absolute atomic E-state index is 11.9. The number of nitriles is 1. The minimum Gasteiger partial charge on any atom is -0.480 e. The van der Waals surface area contributed by atoms with Crippen LogP contribution in [-0.2, 0) is 14.3 Å². The summed E-state index contributed by atoms with van der Waals surface area (Å²) in [5.74, 6) is -1.46. The molecule has 1 saturated heterocycles. The molecule has 0 radical (unpaired) electrons. The summed E-state index contributed by atoms with van der Waals surface area (Å²) < 4.78 is 5.10. The molecule has 0 saturated carbocycles. The molecule has 0 aliphatic carbocycles. The second-order valence-electron chi connectivity index (χ2n) is 3.80. The monoisotopic (exact) mass is 253 g/mol. The van der Waals surface area contributed by atoms with E-state index in [0.29, 0.717) is 26.3 Å². The van der Waals surface area contributed by atoms with Gasteiger partial charge in [-0.1, -0.05) is 0 Å². The quantitative estimate of drug-likeness (QED) is 0.508. The summed E-state index contributed by atoms with van der Waals surface area (Å²) in [6.07, 6.45) is 1.15. The number of carbonyl (C=O) groups excluding carboxylic acids is 1. The smallest absolute Gasteiger partial charge is 0.325 e. The van der Waals surface area contributed by atoms with Gasteiger partial charge in [0.25, 0.3) is 5.91 Å². The van der Waals surface area contributed by atoms with Crippen LogP contribution >= 0.6 is 0 Å². The maximum atomic E-state index is 11.9. The summed E-state index contributed by atoms with van der Waals surface area (Å²) in [4.78, 5) is 24.0. The first kappa shape index (κ1) is 14.0. The van der Waals surface area contributed by atoms with Gasteiger partial charge in [-0.25, -0.2) is 0 Å². The first-order valence-corrected chi connectivity index (χ1v) is 5.52. The molecule has 0 spiro atoms. The third-order valence-corrected chi connectivity index (χ3v) is 2.50. The van der Waals surface area contributed by atoms with Crippen LogP contribution in [0.2, 0.25) is 0 Å². The van der Waals surface area contributed by atoms with Crippen molar-refractivity contribution in [3.05, 3.63) is 11.8 Å². The third kappa shape index (κ3) is 3.75. The molecule has 0 bridgehead atoms. The molecule has 7 heteroatoms. The second kappa shape index (κ2) is 6.61. The minimum atomic E-state index is -1.05.